The van der Waals surface area contributed by atoms with Gasteiger partial charge in [-0.3, -0.25) is 14.6 Å². The SMILES string of the molecule is Cc1ccccc1CNC(=O)c1c(-c2cccnc2)cc(=O)n2c1CCCC2. The van der Waals surface area contributed by atoms with Gasteiger partial charge in [0.1, 0.15) is 0 Å². The molecule has 28 heavy (non-hydrogen) atoms. The summed E-state index contributed by atoms with van der Waals surface area (Å²) in [5, 5.41) is 3.06. The number of pyridine rings is 2. The molecule has 0 spiro atoms. The second-order valence-corrected chi connectivity index (χ2v) is 7.18. The maximum atomic E-state index is 13.3. The van der Waals surface area contributed by atoms with E-state index in [1.54, 1.807) is 23.0 Å². The van der Waals surface area contributed by atoms with Crippen LogP contribution in [0.4, 0.5) is 0 Å². The van der Waals surface area contributed by atoms with Gasteiger partial charge in [0.2, 0.25) is 0 Å². The lowest BCUT2D eigenvalue weighted by Crippen LogP contribution is -2.33. The van der Waals surface area contributed by atoms with Crippen molar-refractivity contribution < 1.29 is 4.79 Å². The van der Waals surface area contributed by atoms with Crippen molar-refractivity contribution in [2.24, 2.45) is 0 Å². The molecule has 5 nitrogen and oxygen atoms in total. The van der Waals surface area contributed by atoms with E-state index < -0.39 is 0 Å². The van der Waals surface area contributed by atoms with Gasteiger partial charge in [-0.1, -0.05) is 30.3 Å². The van der Waals surface area contributed by atoms with Crippen molar-refractivity contribution >= 4 is 5.91 Å². The molecule has 0 saturated carbocycles. The molecule has 2 aromatic heterocycles. The van der Waals surface area contributed by atoms with Gasteiger partial charge in [-0.15, -0.1) is 0 Å². The molecule has 1 aromatic carbocycles. The van der Waals surface area contributed by atoms with Crippen LogP contribution in [-0.2, 0) is 19.5 Å². The van der Waals surface area contributed by atoms with Crippen LogP contribution in [0.3, 0.4) is 0 Å². The van der Waals surface area contributed by atoms with Crippen molar-refractivity contribution in [1.29, 1.82) is 0 Å². The number of hydrogen-bond donors (Lipinski definition) is 1. The van der Waals surface area contributed by atoms with Crippen LogP contribution in [-0.4, -0.2) is 15.5 Å². The first-order valence-corrected chi connectivity index (χ1v) is 9.65. The second kappa shape index (κ2) is 7.80. The van der Waals surface area contributed by atoms with Crippen LogP contribution in [0, 0.1) is 6.92 Å². The lowest BCUT2D eigenvalue weighted by molar-refractivity contribution is 0.0949. The van der Waals surface area contributed by atoms with Crippen LogP contribution in [0.5, 0.6) is 0 Å². The van der Waals surface area contributed by atoms with Crippen LogP contribution >= 0.6 is 0 Å². The summed E-state index contributed by atoms with van der Waals surface area (Å²) in [6.07, 6.45) is 6.06. The summed E-state index contributed by atoms with van der Waals surface area (Å²) in [6.45, 7) is 3.16. The standard InChI is InChI=1S/C23H23N3O2/c1-16-7-2-3-8-17(16)15-25-23(28)22-19(18-9-6-11-24-14-18)13-21(27)26-12-5-4-10-20(22)26/h2-3,6-9,11,13-14H,4-5,10,12,15H2,1H3,(H,25,28). The summed E-state index contributed by atoms with van der Waals surface area (Å²) in [5.41, 5.74) is 5.05. The molecule has 5 heteroatoms. The van der Waals surface area contributed by atoms with Gasteiger partial charge in [-0.25, -0.2) is 0 Å². The molecule has 0 aliphatic carbocycles. The quantitative estimate of drug-likeness (QED) is 0.761. The van der Waals surface area contributed by atoms with Gasteiger partial charge in [0.15, 0.2) is 0 Å². The molecule has 0 fully saturated rings. The normalized spacial score (nSPS) is 13.0. The lowest BCUT2D eigenvalue weighted by atomic mass is 9.94. The zero-order valence-corrected chi connectivity index (χ0v) is 15.9. The summed E-state index contributed by atoms with van der Waals surface area (Å²) in [4.78, 5) is 30.1. The van der Waals surface area contributed by atoms with E-state index in [2.05, 4.69) is 10.3 Å². The number of hydrogen-bond acceptors (Lipinski definition) is 3. The monoisotopic (exact) mass is 373 g/mol. The average Bonchev–Trinajstić information content (AvgIpc) is 2.73. The number of carbonyl (C=O) groups excluding carboxylic acids is 1. The molecule has 142 valence electrons. The Bertz CT molecular complexity index is 1070. The smallest absolute Gasteiger partial charge is 0.253 e. The van der Waals surface area contributed by atoms with E-state index in [4.69, 9.17) is 0 Å². The van der Waals surface area contributed by atoms with E-state index in [-0.39, 0.29) is 11.5 Å². The van der Waals surface area contributed by atoms with Crippen molar-refractivity contribution in [1.82, 2.24) is 14.9 Å². The summed E-state index contributed by atoms with van der Waals surface area (Å²) < 4.78 is 1.76. The number of fused-ring (bicyclic) bond motifs is 1. The minimum Gasteiger partial charge on any atom is -0.348 e. The lowest BCUT2D eigenvalue weighted by Gasteiger charge is -2.23. The Morgan fingerprint density at radius 1 is 1.18 bits per heavy atom. The van der Waals surface area contributed by atoms with Crippen LogP contribution < -0.4 is 10.9 Å². The van der Waals surface area contributed by atoms with E-state index in [9.17, 15) is 9.59 Å². The van der Waals surface area contributed by atoms with Crippen molar-refractivity contribution in [3.63, 3.8) is 0 Å². The largest absolute Gasteiger partial charge is 0.348 e. The zero-order valence-electron chi connectivity index (χ0n) is 15.9. The van der Waals surface area contributed by atoms with Gasteiger partial charge in [-0.05, 0) is 43.4 Å². The molecule has 1 N–H and O–H groups in total. The molecule has 0 atom stereocenters. The van der Waals surface area contributed by atoms with E-state index in [0.29, 0.717) is 24.2 Å². The molecule has 3 aromatic rings. The predicted octanol–water partition coefficient (Wildman–Crippen LogP) is 3.49. The van der Waals surface area contributed by atoms with Gasteiger partial charge in [0.25, 0.3) is 11.5 Å². The van der Waals surface area contributed by atoms with E-state index >= 15 is 0 Å². The molecule has 1 aliphatic rings. The molecular formula is C23H23N3O2. The molecule has 4 rings (SSSR count). The van der Waals surface area contributed by atoms with Crippen molar-refractivity contribution in [3.8, 4) is 11.1 Å². The highest BCUT2D eigenvalue weighted by atomic mass is 16.2. The number of carbonyl (C=O) groups is 1. The minimum atomic E-state index is -0.146. The van der Waals surface area contributed by atoms with E-state index in [1.807, 2.05) is 43.3 Å². The van der Waals surface area contributed by atoms with Gasteiger partial charge in [0.05, 0.1) is 5.56 Å². The Labute approximate surface area is 164 Å². The Balaban J connectivity index is 1.77. The molecule has 0 bridgehead atoms. The maximum Gasteiger partial charge on any atom is 0.253 e. The van der Waals surface area contributed by atoms with E-state index in [1.165, 1.54) is 0 Å². The first kappa shape index (κ1) is 18.2. The summed E-state index contributed by atoms with van der Waals surface area (Å²) >= 11 is 0. The highest BCUT2D eigenvalue weighted by Gasteiger charge is 2.24. The van der Waals surface area contributed by atoms with Gasteiger partial charge >= 0.3 is 0 Å². The average molecular weight is 373 g/mol. The van der Waals surface area contributed by atoms with Gasteiger partial charge in [0, 0.05) is 48.4 Å². The fourth-order valence-electron chi connectivity index (χ4n) is 3.84. The number of nitrogens with one attached hydrogen (secondary N) is 1. The Morgan fingerprint density at radius 2 is 2.04 bits per heavy atom. The first-order valence-electron chi connectivity index (χ1n) is 9.65. The molecule has 3 heterocycles. The maximum absolute atomic E-state index is 13.3. The van der Waals surface area contributed by atoms with Crippen molar-refractivity contribution in [2.45, 2.75) is 39.3 Å². The second-order valence-electron chi connectivity index (χ2n) is 7.18. The molecular weight excluding hydrogens is 350 g/mol. The number of rotatable bonds is 4. The third-order valence-electron chi connectivity index (χ3n) is 5.36. The Kier molecular flexibility index (Phi) is 5.06. The fraction of sp³-hybridized carbons (Fsp3) is 0.261. The summed E-state index contributed by atoms with van der Waals surface area (Å²) in [6, 6.07) is 13.3. The zero-order chi connectivity index (χ0) is 19.5. The summed E-state index contributed by atoms with van der Waals surface area (Å²) in [7, 11) is 0. The highest BCUT2D eigenvalue weighted by molar-refractivity contribution is 6.01. The number of aromatic nitrogens is 2. The van der Waals surface area contributed by atoms with Crippen molar-refractivity contribution in [2.75, 3.05) is 0 Å². The van der Waals surface area contributed by atoms with Gasteiger partial charge < -0.3 is 9.88 Å². The molecule has 1 aliphatic heterocycles. The van der Waals surface area contributed by atoms with Crippen LogP contribution in [0.25, 0.3) is 11.1 Å². The van der Waals surface area contributed by atoms with E-state index in [0.717, 1.165) is 41.6 Å². The predicted molar refractivity (Wildman–Crippen MR) is 109 cm³/mol. The number of amides is 1. The minimum absolute atomic E-state index is 0.0518. The fourth-order valence-corrected chi connectivity index (χ4v) is 3.84. The topological polar surface area (TPSA) is 64.0 Å². The van der Waals surface area contributed by atoms with Crippen LogP contribution in [0.15, 0.2) is 59.7 Å². The molecule has 0 saturated heterocycles. The number of aryl methyl sites for hydroxylation is 1. The number of nitrogens with zero attached hydrogens (tertiary/aromatic N) is 2. The first-order chi connectivity index (χ1) is 13.6. The molecule has 0 radical (unpaired) electrons. The molecule has 0 unspecified atom stereocenters. The number of benzene rings is 1. The molecule has 1 amide bonds. The van der Waals surface area contributed by atoms with Crippen LogP contribution in [0.1, 0.15) is 40.0 Å². The summed E-state index contributed by atoms with van der Waals surface area (Å²) in [5.74, 6) is -0.146. The van der Waals surface area contributed by atoms with Crippen LogP contribution in [0.2, 0.25) is 0 Å². The highest BCUT2D eigenvalue weighted by Crippen LogP contribution is 2.27. The third kappa shape index (κ3) is 3.48. The van der Waals surface area contributed by atoms with Gasteiger partial charge in [-0.2, -0.15) is 0 Å². The van der Waals surface area contributed by atoms with Crippen molar-refractivity contribution in [3.05, 3.63) is 87.6 Å². The Hall–Kier alpha value is -3.21. The third-order valence-corrected chi connectivity index (χ3v) is 5.36. The Morgan fingerprint density at radius 3 is 2.82 bits per heavy atom.